The molecule has 3 aromatic rings. The third kappa shape index (κ3) is 8.32. The molecule has 0 radical (unpaired) electrons. The molecule has 1 aromatic heterocycles. The first-order valence-corrected chi connectivity index (χ1v) is 16.5. The number of halogens is 2. The van der Waals surface area contributed by atoms with Gasteiger partial charge in [0.05, 0.1) is 11.1 Å². The van der Waals surface area contributed by atoms with Crippen molar-refractivity contribution < 1.29 is 34.1 Å². The number of carbonyl (C=O) groups is 4. The Hall–Kier alpha value is -4.06. The number of phenolic OH excluding ortho intramolecular Hbond substituents is 1. The van der Waals surface area contributed by atoms with Crippen LogP contribution in [0, 0.1) is 11.8 Å². The highest BCUT2D eigenvalue weighted by atomic mass is 35.5. The van der Waals surface area contributed by atoms with Crippen molar-refractivity contribution in [2.75, 3.05) is 7.05 Å². The lowest BCUT2D eigenvalue weighted by atomic mass is 9.95. The summed E-state index contributed by atoms with van der Waals surface area (Å²) < 4.78 is 5.65. The van der Waals surface area contributed by atoms with E-state index in [1.54, 1.807) is 20.8 Å². The van der Waals surface area contributed by atoms with Crippen molar-refractivity contribution in [2.45, 2.75) is 77.8 Å². The smallest absolute Gasteiger partial charge is 0.337 e. The minimum Gasteiger partial charge on any atom is -0.506 e. The number of hydrogen-bond acceptors (Lipinski definition) is 7. The highest BCUT2D eigenvalue weighted by molar-refractivity contribution is 6.32. The molecule has 5 N–H and O–H groups in total. The number of fused-ring (bicyclic) bond motifs is 1. The van der Waals surface area contributed by atoms with Crippen LogP contribution in [0.1, 0.15) is 58.2 Å². The number of aliphatic hydroxyl groups is 1. The minimum atomic E-state index is -1.90. The van der Waals surface area contributed by atoms with E-state index in [-0.39, 0.29) is 39.7 Å². The fourth-order valence-corrected chi connectivity index (χ4v) is 6.35. The van der Waals surface area contributed by atoms with Gasteiger partial charge in [0.1, 0.15) is 29.1 Å². The van der Waals surface area contributed by atoms with E-state index in [4.69, 9.17) is 27.9 Å². The second-order valence-electron chi connectivity index (χ2n) is 12.6. The fraction of sp³-hybridized carbons (Fsp3) is 0.429. The number of hydrogen-bond donors (Lipinski definition) is 5. The number of rotatable bonds is 3. The first-order chi connectivity index (χ1) is 22.6. The number of aromatic nitrogens is 1. The van der Waals surface area contributed by atoms with Crippen molar-refractivity contribution in [3.8, 4) is 5.75 Å². The predicted molar refractivity (Wildman–Crippen MR) is 183 cm³/mol. The molecule has 7 unspecified atom stereocenters. The third-order valence-corrected chi connectivity index (χ3v) is 9.48. The number of carbonyl (C=O) groups excluding carboxylic acids is 4. The van der Waals surface area contributed by atoms with E-state index in [1.807, 2.05) is 44.2 Å². The number of H-pyrrole nitrogens is 1. The maximum atomic E-state index is 14.3. The summed E-state index contributed by atoms with van der Waals surface area (Å²) in [4.78, 5) is 59.0. The molecule has 7 atom stereocenters. The molecule has 0 fully saturated rings. The van der Waals surface area contributed by atoms with E-state index in [9.17, 15) is 29.4 Å². The Labute approximate surface area is 289 Å². The van der Waals surface area contributed by atoms with Crippen molar-refractivity contribution in [1.29, 1.82) is 0 Å². The molecule has 3 amide bonds. The highest BCUT2D eigenvalue weighted by Gasteiger charge is 2.37. The lowest BCUT2D eigenvalue weighted by Gasteiger charge is -2.33. The number of para-hydroxylation sites is 1. The molecule has 1 aliphatic rings. The molecule has 13 heteroatoms. The highest BCUT2D eigenvalue weighted by Crippen LogP contribution is 2.31. The quantitative estimate of drug-likeness (QED) is 0.193. The van der Waals surface area contributed by atoms with E-state index in [0.717, 1.165) is 16.5 Å². The average Bonchev–Trinajstić information content (AvgIpc) is 3.36. The Morgan fingerprint density at radius 2 is 1.67 bits per heavy atom. The van der Waals surface area contributed by atoms with Crippen LogP contribution in [-0.2, 0) is 30.3 Å². The molecule has 0 spiro atoms. The predicted octanol–water partition coefficient (Wildman–Crippen LogP) is 4.83. The largest absolute Gasteiger partial charge is 0.506 e. The number of aromatic hydroxyl groups is 1. The maximum absolute atomic E-state index is 14.3. The zero-order valence-electron chi connectivity index (χ0n) is 27.7. The number of aliphatic hydroxyl groups excluding tert-OH is 1. The summed E-state index contributed by atoms with van der Waals surface area (Å²) in [6.45, 7) is 8.68. The topological polar surface area (TPSA) is 161 Å². The molecule has 258 valence electrons. The fourth-order valence-electron chi connectivity index (χ4n) is 5.88. The zero-order chi connectivity index (χ0) is 35.4. The van der Waals surface area contributed by atoms with Gasteiger partial charge in [-0.25, -0.2) is 4.79 Å². The Balaban J connectivity index is 1.81. The first kappa shape index (κ1) is 36.8. The Kier molecular flexibility index (Phi) is 11.8. The molecule has 0 bridgehead atoms. The van der Waals surface area contributed by atoms with Gasteiger partial charge in [-0.2, -0.15) is 0 Å². The van der Waals surface area contributed by atoms with E-state index < -0.39 is 54.0 Å². The van der Waals surface area contributed by atoms with Crippen molar-refractivity contribution in [1.82, 2.24) is 20.5 Å². The summed E-state index contributed by atoms with van der Waals surface area (Å²) in [6, 6.07) is 7.69. The van der Waals surface area contributed by atoms with Crippen LogP contribution in [0.5, 0.6) is 5.75 Å². The Bertz CT molecular complexity index is 1720. The van der Waals surface area contributed by atoms with E-state index in [0.29, 0.717) is 12.0 Å². The van der Waals surface area contributed by atoms with Crippen molar-refractivity contribution in [3.63, 3.8) is 0 Å². The molecule has 0 aliphatic carbocycles. The number of amides is 3. The van der Waals surface area contributed by atoms with Crippen LogP contribution in [-0.4, -0.2) is 75.1 Å². The molecule has 48 heavy (non-hydrogen) atoms. The second kappa shape index (κ2) is 15.4. The van der Waals surface area contributed by atoms with Gasteiger partial charge >= 0.3 is 5.97 Å². The van der Waals surface area contributed by atoms with Gasteiger partial charge in [0.2, 0.25) is 17.7 Å². The number of nitrogens with one attached hydrogen (secondary N) is 3. The summed E-state index contributed by atoms with van der Waals surface area (Å²) in [7, 11) is 1.44. The SMILES string of the molecule is CC1=CC(C)C(C)OC(=O)C(O)C(c2ccc(O)c(Cl)c2)NC(=O)C(Cc2c(Cl)[nH]c3ccccc23)N(C)C(=O)C(C)NC(=O)C(C)C1. The van der Waals surface area contributed by atoms with Gasteiger partial charge in [-0.15, -0.1) is 0 Å². The summed E-state index contributed by atoms with van der Waals surface area (Å²) in [6.07, 6.45) is -0.353. The van der Waals surface area contributed by atoms with E-state index in [2.05, 4.69) is 15.6 Å². The lowest BCUT2D eigenvalue weighted by Crippen LogP contribution is -2.56. The Morgan fingerprint density at radius 3 is 2.35 bits per heavy atom. The van der Waals surface area contributed by atoms with Gasteiger partial charge in [-0.05, 0) is 56.5 Å². The molecule has 0 saturated carbocycles. The molecule has 4 rings (SSSR count). The number of nitrogens with zero attached hydrogens (tertiary/aromatic N) is 1. The summed E-state index contributed by atoms with van der Waals surface area (Å²) in [5, 5.41) is 27.9. The van der Waals surface area contributed by atoms with Crippen LogP contribution in [0.2, 0.25) is 10.2 Å². The first-order valence-electron chi connectivity index (χ1n) is 15.8. The number of ether oxygens (including phenoxy) is 1. The molecular formula is C35H42Cl2N4O7. The number of aromatic amines is 1. The van der Waals surface area contributed by atoms with Gasteiger partial charge in [-0.3, -0.25) is 14.4 Å². The van der Waals surface area contributed by atoms with Gasteiger partial charge in [0, 0.05) is 36.2 Å². The van der Waals surface area contributed by atoms with Gasteiger partial charge in [0.15, 0.2) is 6.10 Å². The molecule has 2 aromatic carbocycles. The molecule has 0 saturated heterocycles. The van der Waals surface area contributed by atoms with Gasteiger partial charge in [-0.1, -0.05) is 73.0 Å². The Morgan fingerprint density at radius 1 is 0.979 bits per heavy atom. The van der Waals surface area contributed by atoms with Gasteiger partial charge in [0.25, 0.3) is 0 Å². The van der Waals surface area contributed by atoms with Crippen LogP contribution < -0.4 is 10.6 Å². The maximum Gasteiger partial charge on any atom is 0.337 e. The summed E-state index contributed by atoms with van der Waals surface area (Å²) >= 11 is 12.8. The zero-order valence-corrected chi connectivity index (χ0v) is 29.2. The monoisotopic (exact) mass is 700 g/mol. The van der Waals surface area contributed by atoms with Gasteiger partial charge < -0.3 is 35.5 Å². The average molecular weight is 702 g/mol. The number of cyclic esters (lactones) is 1. The van der Waals surface area contributed by atoms with E-state index >= 15 is 0 Å². The summed E-state index contributed by atoms with van der Waals surface area (Å²) in [5.74, 6) is -3.62. The van der Waals surface area contributed by atoms with Crippen molar-refractivity contribution in [2.24, 2.45) is 11.8 Å². The van der Waals surface area contributed by atoms with E-state index in [1.165, 1.54) is 30.1 Å². The van der Waals surface area contributed by atoms with Crippen LogP contribution in [0.3, 0.4) is 0 Å². The molecule has 11 nitrogen and oxygen atoms in total. The van der Waals surface area contributed by atoms with Crippen LogP contribution in [0.15, 0.2) is 54.1 Å². The van der Waals surface area contributed by atoms with Crippen LogP contribution >= 0.6 is 23.2 Å². The molecule has 2 heterocycles. The van der Waals surface area contributed by atoms with Crippen molar-refractivity contribution in [3.05, 3.63) is 75.4 Å². The van der Waals surface area contributed by atoms with Crippen LogP contribution in [0.4, 0.5) is 0 Å². The summed E-state index contributed by atoms with van der Waals surface area (Å²) in [5.41, 5.74) is 2.37. The number of benzene rings is 2. The minimum absolute atomic E-state index is 0.0594. The number of likely N-dealkylation sites (N-methyl/N-ethyl adjacent to an activating group) is 1. The van der Waals surface area contributed by atoms with Crippen molar-refractivity contribution >= 4 is 57.8 Å². The number of esters is 1. The lowest BCUT2D eigenvalue weighted by molar-refractivity contribution is -0.162. The standard InChI is InChI=1S/C35H42Cl2N4O7/c1-17-13-18(2)21(5)48-35(47)30(43)29(22-11-12-28(42)25(36)15-22)40-33(45)27(16-24-23-9-7-8-10-26(23)39-31(24)37)41(6)34(46)20(4)38-32(44)19(3)14-17/h7-13,15,18-21,27,29-30,39,42-43H,14,16H2,1-6H3,(H,38,44)(H,40,45). The molecular weight excluding hydrogens is 659 g/mol. The third-order valence-electron chi connectivity index (χ3n) is 8.86. The number of allylic oxidation sites excluding steroid dienone is 1. The normalized spacial score (nSPS) is 27.1. The second-order valence-corrected chi connectivity index (χ2v) is 13.4. The number of phenols is 1. The van der Waals surface area contributed by atoms with Crippen LogP contribution in [0.25, 0.3) is 10.9 Å². The molecule has 1 aliphatic heterocycles.